The smallest absolute Gasteiger partial charge is 0.328 e. The van der Waals surface area contributed by atoms with Crippen LogP contribution in [0.4, 0.5) is 4.79 Å². The number of carboxylic acids is 1. The molecule has 2 N–H and O–H groups in total. The first kappa shape index (κ1) is 12.2. The molecule has 6 heteroatoms. The SMILES string of the molecule is CC(=CC(=O)O)CN1C(=O)NC(C)(C)C1=O. The van der Waals surface area contributed by atoms with Crippen LogP contribution < -0.4 is 5.32 Å². The van der Waals surface area contributed by atoms with Crippen LogP contribution in [-0.2, 0) is 9.59 Å². The molecule has 1 saturated heterocycles. The Morgan fingerprint density at radius 3 is 2.44 bits per heavy atom. The van der Waals surface area contributed by atoms with Gasteiger partial charge in [0.25, 0.3) is 5.91 Å². The topological polar surface area (TPSA) is 86.7 Å². The maximum Gasteiger partial charge on any atom is 0.328 e. The second-order valence-corrected chi connectivity index (χ2v) is 4.28. The zero-order valence-corrected chi connectivity index (χ0v) is 9.40. The third-order valence-corrected chi connectivity index (χ3v) is 2.22. The van der Waals surface area contributed by atoms with Crippen LogP contribution >= 0.6 is 0 Å². The van der Waals surface area contributed by atoms with E-state index in [-0.39, 0.29) is 12.5 Å². The van der Waals surface area contributed by atoms with E-state index in [0.717, 1.165) is 11.0 Å². The third kappa shape index (κ3) is 2.39. The highest BCUT2D eigenvalue weighted by atomic mass is 16.4. The van der Waals surface area contributed by atoms with Gasteiger partial charge in [-0.2, -0.15) is 0 Å². The molecule has 0 saturated carbocycles. The summed E-state index contributed by atoms with van der Waals surface area (Å²) in [5.74, 6) is -1.44. The molecule has 0 aromatic heterocycles. The lowest BCUT2D eigenvalue weighted by Crippen LogP contribution is -2.40. The Morgan fingerprint density at radius 2 is 2.06 bits per heavy atom. The van der Waals surface area contributed by atoms with Gasteiger partial charge in [-0.05, 0) is 26.3 Å². The number of rotatable bonds is 3. The van der Waals surface area contributed by atoms with Gasteiger partial charge >= 0.3 is 12.0 Å². The van der Waals surface area contributed by atoms with Gasteiger partial charge in [-0.25, -0.2) is 9.59 Å². The Hall–Kier alpha value is -1.85. The van der Waals surface area contributed by atoms with E-state index in [1.165, 1.54) is 0 Å². The van der Waals surface area contributed by atoms with Crippen LogP contribution in [-0.4, -0.2) is 40.0 Å². The molecule has 3 amide bonds. The highest BCUT2D eigenvalue weighted by Crippen LogP contribution is 2.17. The van der Waals surface area contributed by atoms with Crippen molar-refractivity contribution in [3.8, 4) is 0 Å². The molecular weight excluding hydrogens is 212 g/mol. The lowest BCUT2D eigenvalue weighted by molar-refractivity contribution is -0.132. The molecule has 0 aromatic carbocycles. The number of nitrogens with zero attached hydrogens (tertiary/aromatic N) is 1. The molecule has 0 aromatic rings. The normalized spacial score (nSPS) is 19.9. The van der Waals surface area contributed by atoms with Crippen molar-refractivity contribution in [2.45, 2.75) is 26.3 Å². The van der Waals surface area contributed by atoms with Crippen molar-refractivity contribution < 1.29 is 19.5 Å². The van der Waals surface area contributed by atoms with Gasteiger partial charge in [-0.1, -0.05) is 0 Å². The van der Waals surface area contributed by atoms with Crippen LogP contribution in [0.5, 0.6) is 0 Å². The van der Waals surface area contributed by atoms with Crippen LogP contribution in [0.3, 0.4) is 0 Å². The van der Waals surface area contributed by atoms with Crippen LogP contribution in [0.25, 0.3) is 0 Å². The van der Waals surface area contributed by atoms with E-state index in [2.05, 4.69) is 5.32 Å². The molecule has 0 radical (unpaired) electrons. The summed E-state index contributed by atoms with van der Waals surface area (Å²) in [7, 11) is 0. The molecule has 0 atom stereocenters. The van der Waals surface area contributed by atoms with Gasteiger partial charge in [0, 0.05) is 6.08 Å². The summed E-state index contributed by atoms with van der Waals surface area (Å²) in [5.41, 5.74) is -0.477. The number of carbonyl (C=O) groups is 3. The number of urea groups is 1. The van der Waals surface area contributed by atoms with Gasteiger partial charge in [-0.15, -0.1) is 0 Å². The van der Waals surface area contributed by atoms with E-state index in [0.29, 0.717) is 5.57 Å². The molecule has 88 valence electrons. The average molecular weight is 226 g/mol. The molecule has 0 unspecified atom stereocenters. The number of imide groups is 1. The summed E-state index contributed by atoms with van der Waals surface area (Å²) in [6, 6.07) is -0.492. The fourth-order valence-electron chi connectivity index (χ4n) is 1.47. The molecule has 0 aliphatic carbocycles. The molecule has 1 rings (SSSR count). The molecule has 1 aliphatic rings. The number of amides is 3. The highest BCUT2D eigenvalue weighted by Gasteiger charge is 2.43. The van der Waals surface area contributed by atoms with Crippen LogP contribution in [0, 0.1) is 0 Å². The minimum Gasteiger partial charge on any atom is -0.478 e. The number of carbonyl (C=O) groups excluding carboxylic acids is 2. The van der Waals surface area contributed by atoms with E-state index < -0.39 is 17.5 Å². The predicted molar refractivity (Wildman–Crippen MR) is 55.7 cm³/mol. The Morgan fingerprint density at radius 1 is 1.50 bits per heavy atom. The quantitative estimate of drug-likeness (QED) is 0.537. The zero-order chi connectivity index (χ0) is 12.5. The summed E-state index contributed by atoms with van der Waals surface area (Å²) in [6.45, 7) is 4.76. The lowest BCUT2D eigenvalue weighted by Gasteiger charge is -2.15. The van der Waals surface area contributed by atoms with Crippen molar-refractivity contribution in [1.82, 2.24) is 10.2 Å². The van der Waals surface area contributed by atoms with Gasteiger partial charge in [-0.3, -0.25) is 9.69 Å². The summed E-state index contributed by atoms with van der Waals surface area (Å²) < 4.78 is 0. The molecule has 16 heavy (non-hydrogen) atoms. The Balaban J connectivity index is 2.80. The fraction of sp³-hybridized carbons (Fsp3) is 0.500. The summed E-state index contributed by atoms with van der Waals surface area (Å²) in [6.07, 6.45) is 0.978. The van der Waals surface area contributed by atoms with E-state index in [1.807, 2.05) is 0 Å². The monoisotopic (exact) mass is 226 g/mol. The Labute approximate surface area is 92.9 Å². The fourth-order valence-corrected chi connectivity index (χ4v) is 1.47. The molecule has 1 aliphatic heterocycles. The summed E-state index contributed by atoms with van der Waals surface area (Å²) in [5, 5.41) is 11.0. The Kier molecular flexibility index (Phi) is 3.02. The molecule has 6 nitrogen and oxygen atoms in total. The van der Waals surface area contributed by atoms with E-state index in [9.17, 15) is 14.4 Å². The van der Waals surface area contributed by atoms with E-state index in [4.69, 9.17) is 5.11 Å². The highest BCUT2D eigenvalue weighted by molar-refractivity contribution is 6.06. The van der Waals surface area contributed by atoms with Crippen molar-refractivity contribution >= 4 is 17.9 Å². The second kappa shape index (κ2) is 3.96. The molecule has 1 heterocycles. The maximum absolute atomic E-state index is 11.7. The largest absolute Gasteiger partial charge is 0.478 e. The van der Waals surface area contributed by atoms with Crippen molar-refractivity contribution in [2.24, 2.45) is 0 Å². The van der Waals surface area contributed by atoms with Crippen molar-refractivity contribution in [3.05, 3.63) is 11.6 Å². The molecule has 0 spiro atoms. The molecule has 0 bridgehead atoms. The number of carboxylic acid groups (broad SMARTS) is 1. The van der Waals surface area contributed by atoms with Crippen molar-refractivity contribution in [1.29, 1.82) is 0 Å². The van der Waals surface area contributed by atoms with Gasteiger partial charge in [0.1, 0.15) is 5.54 Å². The maximum atomic E-state index is 11.7. The van der Waals surface area contributed by atoms with Gasteiger partial charge in [0.2, 0.25) is 0 Å². The van der Waals surface area contributed by atoms with Gasteiger partial charge < -0.3 is 10.4 Å². The minimum absolute atomic E-state index is 0.000394. The first-order valence-corrected chi connectivity index (χ1v) is 4.78. The van der Waals surface area contributed by atoms with E-state index >= 15 is 0 Å². The average Bonchev–Trinajstić information content (AvgIpc) is 2.26. The summed E-state index contributed by atoms with van der Waals surface area (Å²) >= 11 is 0. The van der Waals surface area contributed by atoms with Gasteiger partial charge in [0.15, 0.2) is 0 Å². The zero-order valence-electron chi connectivity index (χ0n) is 9.40. The summed E-state index contributed by atoms with van der Waals surface area (Å²) in [4.78, 5) is 34.6. The lowest BCUT2D eigenvalue weighted by atomic mass is 10.1. The second-order valence-electron chi connectivity index (χ2n) is 4.28. The van der Waals surface area contributed by atoms with Gasteiger partial charge in [0.05, 0.1) is 6.54 Å². The predicted octanol–water partition coefficient (Wildman–Crippen LogP) is 0.348. The molecular formula is C10H14N2O4. The van der Waals surface area contributed by atoms with E-state index in [1.54, 1.807) is 20.8 Å². The molecule has 1 fully saturated rings. The Bertz CT molecular complexity index is 384. The van der Waals surface area contributed by atoms with Crippen molar-refractivity contribution in [2.75, 3.05) is 6.54 Å². The first-order chi connectivity index (χ1) is 7.24. The van der Waals surface area contributed by atoms with Crippen LogP contribution in [0.1, 0.15) is 20.8 Å². The number of aliphatic carboxylic acids is 1. The first-order valence-electron chi connectivity index (χ1n) is 4.78. The third-order valence-electron chi connectivity index (χ3n) is 2.22. The van der Waals surface area contributed by atoms with Crippen molar-refractivity contribution in [3.63, 3.8) is 0 Å². The minimum atomic E-state index is -1.09. The number of nitrogens with one attached hydrogen (secondary N) is 1. The van der Waals surface area contributed by atoms with Crippen LogP contribution in [0.2, 0.25) is 0 Å². The van der Waals surface area contributed by atoms with Crippen LogP contribution in [0.15, 0.2) is 11.6 Å². The number of hydrogen-bond acceptors (Lipinski definition) is 3. The standard InChI is InChI=1S/C10H14N2O4/c1-6(4-7(13)14)5-12-8(15)10(2,3)11-9(12)16/h4H,5H2,1-3H3,(H,11,16)(H,13,14). The number of hydrogen-bond donors (Lipinski definition) is 2.